The number of hydrogen-bond donors (Lipinski definition) is 2. The average molecular weight is 576 g/mol. The van der Waals surface area contributed by atoms with Gasteiger partial charge in [-0.05, 0) is 37.0 Å². The van der Waals surface area contributed by atoms with Crippen LogP contribution in [0.5, 0.6) is 11.5 Å². The highest BCUT2D eigenvalue weighted by Crippen LogP contribution is 2.24. The van der Waals surface area contributed by atoms with Crippen molar-refractivity contribution in [1.29, 1.82) is 0 Å². The van der Waals surface area contributed by atoms with Crippen molar-refractivity contribution < 1.29 is 14.2 Å². The standard InChI is InChI=1S/C24H41N5O3.HI/c1-5-25-24(26-15-19(2)16-28-8-10-32-11-9-28)27-21-6-7-29(18-21)17-20-12-22(30-3)14-23(13-20)31-4;/h12-14,19,21H,5-11,15-18H2,1-4H3,(H2,25,26,27);1H. The summed E-state index contributed by atoms with van der Waals surface area (Å²) in [6.07, 6.45) is 1.11. The van der Waals surface area contributed by atoms with Crippen LogP contribution in [0.3, 0.4) is 0 Å². The van der Waals surface area contributed by atoms with Crippen LogP contribution in [-0.2, 0) is 11.3 Å². The molecule has 3 rings (SSSR count). The van der Waals surface area contributed by atoms with Gasteiger partial charge in [-0.2, -0.15) is 0 Å². The van der Waals surface area contributed by atoms with E-state index in [1.165, 1.54) is 5.56 Å². The van der Waals surface area contributed by atoms with Gasteiger partial charge in [0.2, 0.25) is 0 Å². The van der Waals surface area contributed by atoms with E-state index < -0.39 is 0 Å². The van der Waals surface area contributed by atoms with Crippen molar-refractivity contribution in [3.8, 4) is 11.5 Å². The van der Waals surface area contributed by atoms with E-state index in [2.05, 4.69) is 46.4 Å². The Morgan fingerprint density at radius 2 is 1.82 bits per heavy atom. The number of hydrogen-bond acceptors (Lipinski definition) is 6. The molecule has 0 radical (unpaired) electrons. The second kappa shape index (κ2) is 14.9. The van der Waals surface area contributed by atoms with E-state index in [1.54, 1.807) is 14.2 Å². The highest BCUT2D eigenvalue weighted by atomic mass is 127. The summed E-state index contributed by atoms with van der Waals surface area (Å²) in [5.41, 5.74) is 1.21. The molecule has 0 bridgehead atoms. The molecule has 0 spiro atoms. The van der Waals surface area contributed by atoms with Gasteiger partial charge in [-0.15, -0.1) is 24.0 Å². The number of ether oxygens (including phenoxy) is 3. The number of aliphatic imine (C=N–C) groups is 1. The van der Waals surface area contributed by atoms with Crippen molar-refractivity contribution >= 4 is 29.9 Å². The molecule has 2 atom stereocenters. The molecule has 188 valence electrons. The molecule has 9 heteroatoms. The third-order valence-electron chi connectivity index (χ3n) is 6.01. The Morgan fingerprint density at radius 1 is 1.12 bits per heavy atom. The lowest BCUT2D eigenvalue weighted by atomic mass is 10.1. The number of methoxy groups -OCH3 is 2. The van der Waals surface area contributed by atoms with Gasteiger partial charge in [-0.25, -0.2) is 0 Å². The maximum atomic E-state index is 5.45. The maximum absolute atomic E-state index is 5.45. The summed E-state index contributed by atoms with van der Waals surface area (Å²) >= 11 is 0. The molecule has 2 aliphatic heterocycles. The van der Waals surface area contributed by atoms with Crippen LogP contribution < -0.4 is 20.1 Å². The van der Waals surface area contributed by atoms with Crippen LogP contribution in [0.15, 0.2) is 23.2 Å². The van der Waals surface area contributed by atoms with Gasteiger partial charge in [0.05, 0.1) is 27.4 Å². The smallest absolute Gasteiger partial charge is 0.191 e. The summed E-state index contributed by atoms with van der Waals surface area (Å²) in [5, 5.41) is 7.07. The molecule has 0 aliphatic carbocycles. The SMILES string of the molecule is CCNC(=NCC(C)CN1CCOCC1)NC1CCN(Cc2cc(OC)cc(OC)c2)C1.I. The minimum Gasteiger partial charge on any atom is -0.497 e. The summed E-state index contributed by atoms with van der Waals surface area (Å²) in [6, 6.07) is 6.49. The topological polar surface area (TPSA) is 70.6 Å². The van der Waals surface area contributed by atoms with Crippen LogP contribution in [0.25, 0.3) is 0 Å². The molecule has 2 fully saturated rings. The van der Waals surface area contributed by atoms with E-state index in [0.717, 1.165) is 89.5 Å². The largest absolute Gasteiger partial charge is 0.497 e. The predicted molar refractivity (Wildman–Crippen MR) is 144 cm³/mol. The van der Waals surface area contributed by atoms with E-state index >= 15 is 0 Å². The maximum Gasteiger partial charge on any atom is 0.191 e. The van der Waals surface area contributed by atoms with Crippen molar-refractivity contribution in [2.45, 2.75) is 32.9 Å². The van der Waals surface area contributed by atoms with Crippen molar-refractivity contribution in [3.05, 3.63) is 23.8 Å². The van der Waals surface area contributed by atoms with Gasteiger partial charge >= 0.3 is 0 Å². The lowest BCUT2D eigenvalue weighted by Crippen LogP contribution is -2.45. The molecule has 33 heavy (non-hydrogen) atoms. The van der Waals surface area contributed by atoms with E-state index in [4.69, 9.17) is 19.2 Å². The molecular weight excluding hydrogens is 533 g/mol. The molecule has 2 unspecified atom stereocenters. The molecule has 0 amide bonds. The number of likely N-dealkylation sites (tertiary alicyclic amines) is 1. The first-order chi connectivity index (χ1) is 15.6. The fourth-order valence-corrected chi connectivity index (χ4v) is 4.35. The van der Waals surface area contributed by atoms with E-state index in [-0.39, 0.29) is 24.0 Å². The van der Waals surface area contributed by atoms with E-state index in [0.29, 0.717) is 12.0 Å². The molecule has 0 aromatic heterocycles. The highest BCUT2D eigenvalue weighted by molar-refractivity contribution is 14.0. The molecule has 2 N–H and O–H groups in total. The Bertz CT molecular complexity index is 708. The van der Waals surface area contributed by atoms with E-state index in [1.807, 2.05) is 6.07 Å². The minimum absolute atomic E-state index is 0. The molecule has 0 saturated carbocycles. The van der Waals surface area contributed by atoms with Crippen LogP contribution >= 0.6 is 24.0 Å². The Morgan fingerprint density at radius 3 is 2.45 bits per heavy atom. The Labute approximate surface area is 216 Å². The quantitative estimate of drug-likeness (QED) is 0.252. The third kappa shape index (κ3) is 9.46. The Balaban J connectivity index is 0.00000385. The lowest BCUT2D eigenvalue weighted by molar-refractivity contribution is 0.0323. The summed E-state index contributed by atoms with van der Waals surface area (Å²) in [5.74, 6) is 3.12. The van der Waals surface area contributed by atoms with Gasteiger partial charge in [0.1, 0.15) is 11.5 Å². The zero-order valence-electron chi connectivity index (χ0n) is 20.6. The normalized spacial score (nSPS) is 20.7. The average Bonchev–Trinajstić information content (AvgIpc) is 3.24. The van der Waals surface area contributed by atoms with Gasteiger partial charge in [0.25, 0.3) is 0 Å². The molecule has 2 aliphatic rings. The van der Waals surface area contributed by atoms with Crippen LogP contribution in [0.2, 0.25) is 0 Å². The molecule has 1 aromatic carbocycles. The molecular formula is C24H42IN5O3. The zero-order valence-corrected chi connectivity index (χ0v) is 23.0. The lowest BCUT2D eigenvalue weighted by Gasteiger charge is -2.28. The van der Waals surface area contributed by atoms with Crippen LogP contribution in [0, 0.1) is 5.92 Å². The van der Waals surface area contributed by atoms with Gasteiger partial charge in [0, 0.05) is 64.5 Å². The van der Waals surface area contributed by atoms with Gasteiger partial charge in [-0.3, -0.25) is 14.8 Å². The molecule has 1 aromatic rings. The number of benzene rings is 1. The third-order valence-corrected chi connectivity index (χ3v) is 6.01. The molecule has 8 nitrogen and oxygen atoms in total. The summed E-state index contributed by atoms with van der Waals surface area (Å²) < 4.78 is 16.3. The number of nitrogens with zero attached hydrogens (tertiary/aromatic N) is 3. The number of rotatable bonds is 10. The number of nitrogens with one attached hydrogen (secondary N) is 2. The zero-order chi connectivity index (χ0) is 22.8. The van der Waals surface area contributed by atoms with Gasteiger partial charge < -0.3 is 24.8 Å². The van der Waals surface area contributed by atoms with Crippen LogP contribution in [0.1, 0.15) is 25.8 Å². The second-order valence-electron chi connectivity index (χ2n) is 8.82. The van der Waals surface area contributed by atoms with Crippen molar-refractivity contribution in [2.24, 2.45) is 10.9 Å². The second-order valence-corrected chi connectivity index (χ2v) is 8.82. The van der Waals surface area contributed by atoms with Crippen molar-refractivity contribution in [3.63, 3.8) is 0 Å². The summed E-state index contributed by atoms with van der Waals surface area (Å²) in [7, 11) is 3.38. The van der Waals surface area contributed by atoms with Crippen LogP contribution in [-0.4, -0.2) is 95.0 Å². The minimum atomic E-state index is 0. The first-order valence-corrected chi connectivity index (χ1v) is 11.9. The number of halogens is 1. The van der Waals surface area contributed by atoms with Crippen molar-refractivity contribution in [1.82, 2.24) is 20.4 Å². The number of guanidine groups is 1. The first-order valence-electron chi connectivity index (χ1n) is 11.9. The molecule has 2 saturated heterocycles. The summed E-state index contributed by atoms with van der Waals surface area (Å²) in [6.45, 7) is 13.9. The molecule has 2 heterocycles. The first kappa shape index (κ1) is 27.9. The number of morpholine rings is 1. The fourth-order valence-electron chi connectivity index (χ4n) is 4.35. The Kier molecular flexibility index (Phi) is 12.6. The fraction of sp³-hybridized carbons (Fsp3) is 0.708. The van der Waals surface area contributed by atoms with E-state index in [9.17, 15) is 0 Å². The summed E-state index contributed by atoms with van der Waals surface area (Å²) in [4.78, 5) is 9.83. The van der Waals surface area contributed by atoms with Gasteiger partial charge in [-0.1, -0.05) is 6.92 Å². The Hall–Kier alpha value is -1.30. The van der Waals surface area contributed by atoms with Crippen molar-refractivity contribution in [2.75, 3.05) is 73.2 Å². The monoisotopic (exact) mass is 575 g/mol. The predicted octanol–water partition coefficient (Wildman–Crippen LogP) is 2.42. The van der Waals surface area contributed by atoms with Gasteiger partial charge in [0.15, 0.2) is 5.96 Å². The highest BCUT2D eigenvalue weighted by Gasteiger charge is 2.24. The van der Waals surface area contributed by atoms with Crippen LogP contribution in [0.4, 0.5) is 0 Å².